The zero-order valence-corrected chi connectivity index (χ0v) is 17.1. The van der Waals surface area contributed by atoms with Crippen LogP contribution in [0.3, 0.4) is 0 Å². The van der Waals surface area contributed by atoms with Crippen LogP contribution in [0.25, 0.3) is 6.08 Å². The predicted molar refractivity (Wildman–Crippen MR) is 118 cm³/mol. The molecule has 1 heterocycles. The summed E-state index contributed by atoms with van der Waals surface area (Å²) >= 11 is 6.15. The number of anilines is 1. The van der Waals surface area contributed by atoms with Gasteiger partial charge in [0.05, 0.1) is 32.2 Å². The van der Waals surface area contributed by atoms with Gasteiger partial charge in [-0.15, -0.1) is 0 Å². The second-order valence-electron chi connectivity index (χ2n) is 6.09. The summed E-state index contributed by atoms with van der Waals surface area (Å²) in [6, 6.07) is 9.39. The van der Waals surface area contributed by atoms with Crippen LogP contribution in [-0.4, -0.2) is 37.3 Å². The highest BCUT2D eigenvalue weighted by Crippen LogP contribution is 2.36. The van der Waals surface area contributed by atoms with Crippen LogP contribution in [0.4, 0.5) is 11.4 Å². The van der Waals surface area contributed by atoms with E-state index >= 15 is 0 Å². The van der Waals surface area contributed by atoms with Gasteiger partial charge in [0.15, 0.2) is 4.32 Å². The number of nitrogens with zero attached hydrogens (tertiary/aromatic N) is 2. The van der Waals surface area contributed by atoms with Gasteiger partial charge in [-0.2, -0.15) is 0 Å². The van der Waals surface area contributed by atoms with E-state index in [0.29, 0.717) is 5.56 Å². The van der Waals surface area contributed by atoms with Crippen LogP contribution in [-0.2, 0) is 4.79 Å². The molecule has 0 unspecified atom stereocenters. The second kappa shape index (κ2) is 8.90. The zero-order chi connectivity index (χ0) is 22.7. The Hall–Kier alpha value is -3.83. The first-order chi connectivity index (χ1) is 14.7. The minimum atomic E-state index is -1.35. The van der Waals surface area contributed by atoms with Gasteiger partial charge >= 0.3 is 11.9 Å². The molecular formula is C20H12N2O7S2. The largest absolute Gasteiger partial charge is 0.478 e. The molecule has 0 saturated carbocycles. The van der Waals surface area contributed by atoms with Gasteiger partial charge in [-0.25, -0.2) is 9.59 Å². The van der Waals surface area contributed by atoms with Crippen LogP contribution in [0.5, 0.6) is 0 Å². The SMILES string of the molecule is O=C(O)c1cc(C(=O)O)cc(N2C(=O)/C(=C/C=C/c3ccccc3[N+](=O)[O-])SC2=S)c1. The van der Waals surface area contributed by atoms with Crippen LogP contribution in [0, 0.1) is 10.1 Å². The minimum absolute atomic E-state index is 0.0193. The lowest BCUT2D eigenvalue weighted by Gasteiger charge is -2.16. The number of hydrogen-bond acceptors (Lipinski definition) is 7. The number of benzene rings is 2. The number of para-hydroxylation sites is 1. The Morgan fingerprint density at radius 2 is 1.71 bits per heavy atom. The van der Waals surface area contributed by atoms with E-state index in [1.807, 2.05) is 0 Å². The quantitative estimate of drug-likeness (QED) is 0.286. The van der Waals surface area contributed by atoms with Crippen LogP contribution in [0.1, 0.15) is 26.3 Å². The van der Waals surface area contributed by atoms with Crippen molar-refractivity contribution < 1.29 is 29.5 Å². The Morgan fingerprint density at radius 3 is 2.29 bits per heavy atom. The maximum atomic E-state index is 12.8. The molecule has 0 aromatic heterocycles. The zero-order valence-electron chi connectivity index (χ0n) is 15.4. The van der Waals surface area contributed by atoms with Crippen LogP contribution in [0.15, 0.2) is 59.5 Å². The van der Waals surface area contributed by atoms with Crippen molar-refractivity contribution in [3.05, 3.63) is 86.3 Å². The predicted octanol–water partition coefficient (Wildman–Crippen LogP) is 3.95. The number of amides is 1. The summed E-state index contributed by atoms with van der Waals surface area (Å²) in [6.45, 7) is 0. The first-order valence-electron chi connectivity index (χ1n) is 8.48. The van der Waals surface area contributed by atoms with Gasteiger partial charge in [-0.3, -0.25) is 19.8 Å². The van der Waals surface area contributed by atoms with Crippen molar-refractivity contribution in [2.45, 2.75) is 0 Å². The smallest absolute Gasteiger partial charge is 0.335 e. The number of carbonyl (C=O) groups excluding carboxylic acids is 1. The first kappa shape index (κ1) is 21.9. The van der Waals surface area contributed by atoms with Crippen LogP contribution >= 0.6 is 24.0 Å². The number of nitro groups is 1. The minimum Gasteiger partial charge on any atom is -0.478 e. The van der Waals surface area contributed by atoms with Crippen molar-refractivity contribution >= 4 is 63.6 Å². The summed E-state index contributed by atoms with van der Waals surface area (Å²) in [5, 5.41) is 29.5. The van der Waals surface area contributed by atoms with Crippen molar-refractivity contribution in [1.82, 2.24) is 0 Å². The number of aromatic carboxylic acids is 2. The summed E-state index contributed by atoms with van der Waals surface area (Å²) in [7, 11) is 0. The number of nitro benzene ring substituents is 1. The Bertz CT molecular complexity index is 1170. The van der Waals surface area contributed by atoms with Crippen molar-refractivity contribution in [3.8, 4) is 0 Å². The van der Waals surface area contributed by atoms with E-state index in [-0.39, 0.29) is 31.7 Å². The van der Waals surface area contributed by atoms with Crippen molar-refractivity contribution in [1.29, 1.82) is 0 Å². The summed E-state index contributed by atoms with van der Waals surface area (Å²) < 4.78 is 0.0919. The molecule has 2 aromatic rings. The molecule has 0 aliphatic carbocycles. The molecule has 2 N–H and O–H groups in total. The average Bonchev–Trinajstić information content (AvgIpc) is 3.01. The van der Waals surface area contributed by atoms with E-state index in [2.05, 4.69) is 0 Å². The van der Waals surface area contributed by atoms with Gasteiger partial charge in [0.2, 0.25) is 0 Å². The maximum absolute atomic E-state index is 12.8. The summed E-state index contributed by atoms with van der Waals surface area (Å²) in [4.78, 5) is 47.2. The molecule has 0 atom stereocenters. The van der Waals surface area contributed by atoms with Crippen molar-refractivity contribution in [2.24, 2.45) is 0 Å². The molecule has 0 spiro atoms. The van der Waals surface area contributed by atoms with Gasteiger partial charge in [0.1, 0.15) is 0 Å². The van der Waals surface area contributed by atoms with E-state index in [1.54, 1.807) is 12.1 Å². The van der Waals surface area contributed by atoms with E-state index < -0.39 is 22.8 Å². The molecule has 1 amide bonds. The molecule has 1 saturated heterocycles. The topological polar surface area (TPSA) is 138 Å². The third kappa shape index (κ3) is 4.68. The van der Waals surface area contributed by atoms with Gasteiger partial charge in [-0.1, -0.05) is 42.2 Å². The number of rotatable bonds is 6. The number of carbonyl (C=O) groups is 3. The molecule has 1 aliphatic heterocycles. The van der Waals surface area contributed by atoms with E-state index in [4.69, 9.17) is 12.2 Å². The highest BCUT2D eigenvalue weighted by Gasteiger charge is 2.34. The van der Waals surface area contributed by atoms with E-state index in [1.165, 1.54) is 30.4 Å². The number of hydrogen-bond donors (Lipinski definition) is 2. The fourth-order valence-electron chi connectivity index (χ4n) is 2.73. The molecule has 3 rings (SSSR count). The Balaban J connectivity index is 1.92. The summed E-state index contributed by atoms with van der Waals surface area (Å²) in [5.41, 5.74) is -0.329. The van der Waals surface area contributed by atoms with E-state index in [0.717, 1.165) is 34.9 Å². The molecule has 9 nitrogen and oxygen atoms in total. The molecule has 156 valence electrons. The molecule has 0 radical (unpaired) electrons. The third-order valence-corrected chi connectivity index (χ3v) is 5.44. The fraction of sp³-hybridized carbons (Fsp3) is 0. The number of carboxylic acids is 2. The maximum Gasteiger partial charge on any atom is 0.335 e. The van der Waals surface area contributed by atoms with Crippen LogP contribution < -0.4 is 4.90 Å². The molecule has 0 bridgehead atoms. The second-order valence-corrected chi connectivity index (χ2v) is 7.77. The number of carboxylic acid groups (broad SMARTS) is 2. The van der Waals surface area contributed by atoms with Gasteiger partial charge in [-0.05, 0) is 36.4 Å². The highest BCUT2D eigenvalue weighted by atomic mass is 32.2. The van der Waals surface area contributed by atoms with Crippen LogP contribution in [0.2, 0.25) is 0 Å². The van der Waals surface area contributed by atoms with Crippen molar-refractivity contribution in [3.63, 3.8) is 0 Å². The number of thiocarbonyl (C=S) groups is 1. The lowest BCUT2D eigenvalue weighted by molar-refractivity contribution is -0.385. The normalized spacial score (nSPS) is 15.1. The van der Waals surface area contributed by atoms with Gasteiger partial charge in [0, 0.05) is 6.07 Å². The summed E-state index contributed by atoms with van der Waals surface area (Å²) in [6.07, 6.45) is 4.36. The molecule has 11 heteroatoms. The monoisotopic (exact) mass is 456 g/mol. The van der Waals surface area contributed by atoms with Gasteiger partial charge in [0.25, 0.3) is 11.6 Å². The molecule has 2 aromatic carbocycles. The first-order valence-corrected chi connectivity index (χ1v) is 9.71. The number of thioether (sulfide) groups is 1. The molecule has 1 fully saturated rings. The average molecular weight is 456 g/mol. The Morgan fingerprint density at radius 1 is 1.10 bits per heavy atom. The Labute approximate surface area is 184 Å². The Kier molecular flexibility index (Phi) is 6.28. The molecular weight excluding hydrogens is 444 g/mol. The molecule has 1 aliphatic rings. The standard InChI is InChI=1S/C20H12N2O7S2/c23-17-16(7-3-5-11-4-1-2-6-15(11)22(28)29)31-20(30)21(17)14-9-12(18(24)25)8-13(10-14)19(26)27/h1-10H,(H,24,25)(H,26,27)/b5-3+,16-7-. The van der Waals surface area contributed by atoms with Crippen molar-refractivity contribution in [2.75, 3.05) is 4.90 Å². The third-order valence-electron chi connectivity index (χ3n) is 4.12. The van der Waals surface area contributed by atoms with E-state index in [9.17, 15) is 34.7 Å². The van der Waals surface area contributed by atoms with Gasteiger partial charge < -0.3 is 10.2 Å². The molecule has 31 heavy (non-hydrogen) atoms. The highest BCUT2D eigenvalue weighted by molar-refractivity contribution is 8.27. The number of allylic oxidation sites excluding steroid dienone is 2. The summed E-state index contributed by atoms with van der Waals surface area (Å²) in [5.74, 6) is -3.27. The lowest BCUT2D eigenvalue weighted by Crippen LogP contribution is -2.28. The fourth-order valence-corrected chi connectivity index (χ4v) is 3.98. The lowest BCUT2D eigenvalue weighted by atomic mass is 10.1.